The molecule has 0 fully saturated rings. The molecule has 0 aliphatic heterocycles. The maximum Gasteiger partial charge on any atom is 0.224 e. The quantitative estimate of drug-likeness (QED) is 0.0450. The SMILES string of the molecule is CC(C)C[C@H](N)CNC(=O)[C@H](CC(=O)N[C@H](CNC(=O)[C@@H](C)CC(=O)N[C@H](CNC(=O)[C@H](CC(=O)N[C@H](CNC(=O)[C@@H](C)CC(=O)N[C@H](CNC(=O)CCC(N)=O)CC(C)C)C(C)C)Cc1ccccc1)C(C)C)CC(C)C)Cc1ccccc1. The summed E-state index contributed by atoms with van der Waals surface area (Å²) in [6.45, 7) is 23.7. The zero-order chi connectivity index (χ0) is 63.8. The van der Waals surface area contributed by atoms with E-state index in [2.05, 4.69) is 61.7 Å². The number of hydrogen-bond donors (Lipinski definition) is 11. The average Bonchev–Trinajstić information content (AvgIpc) is 3.57. The molecule has 0 saturated heterocycles. The number of carbonyl (C=O) groups excluding carboxylic acids is 10. The van der Waals surface area contributed by atoms with E-state index in [1.54, 1.807) is 13.8 Å². The highest BCUT2D eigenvalue weighted by Crippen LogP contribution is 2.18. The number of primary amides is 1. The van der Waals surface area contributed by atoms with E-state index in [0.29, 0.717) is 31.7 Å². The van der Waals surface area contributed by atoms with Crippen LogP contribution in [0, 0.1) is 53.3 Å². The summed E-state index contributed by atoms with van der Waals surface area (Å²) in [5, 5.41) is 26.4. The second kappa shape index (κ2) is 39.7. The predicted octanol–water partition coefficient (Wildman–Crippen LogP) is 4.10. The van der Waals surface area contributed by atoms with Crippen molar-refractivity contribution in [1.82, 2.24) is 47.9 Å². The molecule has 2 rings (SSSR count). The van der Waals surface area contributed by atoms with E-state index in [1.807, 2.05) is 116 Å². The highest BCUT2D eigenvalue weighted by Gasteiger charge is 2.30. The van der Waals surface area contributed by atoms with E-state index in [9.17, 15) is 47.9 Å². The Morgan fingerprint density at radius 2 is 0.741 bits per heavy atom. The molecule has 0 spiro atoms. The molecule has 0 saturated carbocycles. The number of rotatable bonds is 41. The van der Waals surface area contributed by atoms with Crippen LogP contribution in [-0.2, 0) is 60.8 Å². The van der Waals surface area contributed by atoms with Crippen LogP contribution in [0.1, 0.15) is 152 Å². The van der Waals surface area contributed by atoms with Gasteiger partial charge < -0.3 is 59.3 Å². The van der Waals surface area contributed by atoms with E-state index in [-0.39, 0.29) is 130 Å². The summed E-state index contributed by atoms with van der Waals surface area (Å²) in [7, 11) is 0. The lowest BCUT2D eigenvalue weighted by molar-refractivity contribution is -0.131. The van der Waals surface area contributed by atoms with Crippen molar-refractivity contribution in [2.75, 3.05) is 32.7 Å². The van der Waals surface area contributed by atoms with Crippen molar-refractivity contribution in [3.05, 3.63) is 71.8 Å². The van der Waals surface area contributed by atoms with Crippen molar-refractivity contribution in [2.24, 2.45) is 64.7 Å². The van der Waals surface area contributed by atoms with Gasteiger partial charge in [0, 0.05) is 113 Å². The van der Waals surface area contributed by atoms with Gasteiger partial charge in [-0.05, 0) is 72.8 Å². The molecule has 21 nitrogen and oxygen atoms in total. The van der Waals surface area contributed by atoms with E-state index in [0.717, 1.165) is 17.5 Å². The summed E-state index contributed by atoms with van der Waals surface area (Å²) in [6, 6.07) is 16.7. The van der Waals surface area contributed by atoms with Gasteiger partial charge >= 0.3 is 0 Å². The highest BCUT2D eigenvalue weighted by atomic mass is 16.2. The Hall–Kier alpha value is -6.90. The normalized spacial score (nSPS) is 14.6. The molecule has 0 aromatic heterocycles. The van der Waals surface area contributed by atoms with Crippen LogP contribution >= 0.6 is 0 Å². The summed E-state index contributed by atoms with van der Waals surface area (Å²) in [5.74, 6) is -6.30. The summed E-state index contributed by atoms with van der Waals surface area (Å²) >= 11 is 0. The topological polar surface area (TPSA) is 331 Å². The lowest BCUT2D eigenvalue weighted by Gasteiger charge is -2.26. The molecule has 0 aliphatic rings. The average molecular weight is 1190 g/mol. The van der Waals surface area contributed by atoms with Gasteiger partial charge in [0.1, 0.15) is 0 Å². The van der Waals surface area contributed by atoms with Crippen molar-refractivity contribution >= 4 is 59.1 Å². The molecule has 21 heteroatoms. The van der Waals surface area contributed by atoms with Crippen LogP contribution in [0.5, 0.6) is 0 Å². The number of nitrogens with two attached hydrogens (primary N) is 2. The van der Waals surface area contributed by atoms with Gasteiger partial charge in [-0.25, -0.2) is 0 Å². The zero-order valence-corrected chi connectivity index (χ0v) is 52.9. The Morgan fingerprint density at radius 1 is 0.388 bits per heavy atom. The Bertz CT molecular complexity index is 2400. The monoisotopic (exact) mass is 1190 g/mol. The number of hydrogen-bond acceptors (Lipinski definition) is 11. The van der Waals surface area contributed by atoms with Gasteiger partial charge in [-0.3, -0.25) is 47.9 Å². The standard InChI is InChI=1S/C64H105N11O10/c1-39(2)25-50(65)34-68-63(84)48(30-46-19-15-13-16-20-46)32-59(80)73-52(27-41(5)6)36-69-61(82)45(12)29-58(79)74-54(43(9)10)38-71-64(85)49(31-47-21-17-14-18-22-47)33-60(81)75-53(42(7)8)37-70-62(83)44(11)28-57(78)72-51(26-40(3)4)35-67-56(77)24-23-55(66)76/h13-22,39-45,48-54H,23-38,65H2,1-12H3,(H2,66,76)(H,67,77)(H,68,84)(H,69,82)(H,70,83)(H,71,85)(H,72,78)(H,73,80)(H,74,79)(H,75,81)/t44-,45-,48-,49-,50-,51-,52-,53+,54+/m0/s1. The maximum atomic E-state index is 14.1. The van der Waals surface area contributed by atoms with Gasteiger partial charge in [0.05, 0.1) is 11.8 Å². The van der Waals surface area contributed by atoms with Gasteiger partial charge in [0.15, 0.2) is 0 Å². The highest BCUT2D eigenvalue weighted by molar-refractivity contribution is 5.89. The molecule has 0 aliphatic carbocycles. The third-order valence-electron chi connectivity index (χ3n) is 14.6. The smallest absolute Gasteiger partial charge is 0.224 e. The van der Waals surface area contributed by atoms with Gasteiger partial charge in [0.2, 0.25) is 59.1 Å². The molecule has 9 atom stereocenters. The van der Waals surface area contributed by atoms with Crippen molar-refractivity contribution in [3.8, 4) is 0 Å². The lowest BCUT2D eigenvalue weighted by Crippen LogP contribution is -2.50. The first kappa shape index (κ1) is 74.2. The molecule has 0 heterocycles. The minimum atomic E-state index is -0.804. The third kappa shape index (κ3) is 32.8. The zero-order valence-electron chi connectivity index (χ0n) is 52.9. The van der Waals surface area contributed by atoms with Crippen molar-refractivity contribution in [2.45, 2.75) is 184 Å². The summed E-state index contributed by atoms with van der Waals surface area (Å²) in [5.41, 5.74) is 13.2. The number of carbonyl (C=O) groups is 10. The fourth-order valence-electron chi connectivity index (χ4n) is 9.80. The second-order valence-electron chi connectivity index (χ2n) is 25.2. The van der Waals surface area contributed by atoms with Crippen molar-refractivity contribution in [1.29, 1.82) is 0 Å². The van der Waals surface area contributed by atoms with Gasteiger partial charge in [0.25, 0.3) is 0 Å². The number of amides is 10. The number of benzene rings is 2. The van der Waals surface area contributed by atoms with Crippen LogP contribution in [-0.4, -0.2) is 122 Å². The first-order valence-electron chi connectivity index (χ1n) is 30.7. The Labute approximate surface area is 506 Å². The summed E-state index contributed by atoms with van der Waals surface area (Å²) < 4.78 is 0. The lowest BCUT2D eigenvalue weighted by atomic mass is 9.93. The molecule has 13 N–H and O–H groups in total. The van der Waals surface area contributed by atoms with Crippen molar-refractivity contribution < 1.29 is 47.9 Å². The van der Waals surface area contributed by atoms with E-state index in [1.165, 1.54) is 0 Å². The first-order valence-corrected chi connectivity index (χ1v) is 30.7. The summed E-state index contributed by atoms with van der Waals surface area (Å²) in [4.78, 5) is 132. The predicted molar refractivity (Wildman–Crippen MR) is 331 cm³/mol. The van der Waals surface area contributed by atoms with Crippen LogP contribution in [0.4, 0.5) is 0 Å². The Balaban J connectivity index is 2.04. The minimum absolute atomic E-state index is 0.0516. The Morgan fingerprint density at radius 3 is 1.14 bits per heavy atom. The van der Waals surface area contributed by atoms with Crippen LogP contribution in [0.2, 0.25) is 0 Å². The largest absolute Gasteiger partial charge is 0.370 e. The van der Waals surface area contributed by atoms with Crippen LogP contribution in [0.15, 0.2) is 60.7 Å². The fourth-order valence-corrected chi connectivity index (χ4v) is 9.80. The van der Waals surface area contributed by atoms with Crippen molar-refractivity contribution in [3.63, 3.8) is 0 Å². The molecule has 0 unspecified atom stereocenters. The third-order valence-corrected chi connectivity index (χ3v) is 14.6. The van der Waals surface area contributed by atoms with E-state index < -0.39 is 77.4 Å². The van der Waals surface area contributed by atoms with Crippen LogP contribution < -0.4 is 59.3 Å². The molecular formula is C64H105N11O10. The molecule has 85 heavy (non-hydrogen) atoms. The molecule has 476 valence electrons. The molecular weight excluding hydrogens is 1080 g/mol. The summed E-state index contributed by atoms with van der Waals surface area (Å²) in [6.07, 6.45) is 1.82. The van der Waals surface area contributed by atoms with Gasteiger partial charge in [-0.2, -0.15) is 0 Å². The van der Waals surface area contributed by atoms with Gasteiger partial charge in [-0.15, -0.1) is 0 Å². The molecule has 2 aromatic carbocycles. The molecule has 10 amide bonds. The maximum absolute atomic E-state index is 14.1. The first-order chi connectivity index (χ1) is 40.0. The van der Waals surface area contributed by atoms with Crippen LogP contribution in [0.25, 0.3) is 0 Å². The second-order valence-corrected chi connectivity index (χ2v) is 25.2. The molecule has 0 radical (unpaired) electrons. The van der Waals surface area contributed by atoms with E-state index >= 15 is 0 Å². The fraction of sp³-hybridized carbons (Fsp3) is 0.656. The van der Waals surface area contributed by atoms with E-state index in [4.69, 9.17) is 11.5 Å². The minimum Gasteiger partial charge on any atom is -0.370 e. The molecule has 0 bridgehead atoms. The molecule has 2 aromatic rings. The van der Waals surface area contributed by atoms with Crippen LogP contribution in [0.3, 0.4) is 0 Å². The van der Waals surface area contributed by atoms with Gasteiger partial charge in [-0.1, -0.05) is 144 Å². The Kier molecular flexibility index (Phi) is 34.6. The number of nitrogens with one attached hydrogen (secondary N) is 9.